The fourth-order valence-corrected chi connectivity index (χ4v) is 2.56. The van der Waals surface area contributed by atoms with Crippen molar-refractivity contribution in [3.05, 3.63) is 83.1 Å². The Hall–Kier alpha value is -3.42. The van der Waals surface area contributed by atoms with E-state index in [2.05, 4.69) is 20.6 Å². The molecule has 0 aliphatic carbocycles. The van der Waals surface area contributed by atoms with E-state index in [0.717, 1.165) is 17.7 Å². The van der Waals surface area contributed by atoms with Gasteiger partial charge in [0, 0.05) is 12.6 Å². The summed E-state index contributed by atoms with van der Waals surface area (Å²) in [4.78, 5) is 20.6. The highest BCUT2D eigenvalue weighted by atomic mass is 19.1. The number of hydrogen-bond donors (Lipinski definition) is 2. The van der Waals surface area contributed by atoms with Crippen molar-refractivity contribution in [3.63, 3.8) is 0 Å². The number of anilines is 2. The normalized spacial score (nSPS) is 10.6. The highest BCUT2D eigenvalue weighted by molar-refractivity contribution is 6.03. The van der Waals surface area contributed by atoms with E-state index in [1.165, 1.54) is 24.3 Å². The monoisotopic (exact) mass is 386 g/mol. The zero-order valence-corrected chi connectivity index (χ0v) is 15.0. The molecule has 0 saturated carbocycles. The van der Waals surface area contributed by atoms with Crippen LogP contribution in [0.4, 0.5) is 24.7 Å². The molecular formula is C20H17F3N4O. The van der Waals surface area contributed by atoms with E-state index in [0.29, 0.717) is 24.6 Å². The van der Waals surface area contributed by atoms with Gasteiger partial charge in [-0.05, 0) is 43.2 Å². The molecule has 0 fully saturated rings. The van der Waals surface area contributed by atoms with Gasteiger partial charge in [-0.15, -0.1) is 0 Å². The molecule has 3 rings (SSSR count). The summed E-state index contributed by atoms with van der Waals surface area (Å²) in [7, 11) is 0. The number of benzene rings is 2. The molecule has 0 aliphatic rings. The van der Waals surface area contributed by atoms with Crippen molar-refractivity contribution in [2.24, 2.45) is 0 Å². The third-order valence-electron chi connectivity index (χ3n) is 3.90. The van der Waals surface area contributed by atoms with Crippen LogP contribution in [0.25, 0.3) is 0 Å². The van der Waals surface area contributed by atoms with Crippen LogP contribution in [0.3, 0.4) is 0 Å². The molecule has 5 nitrogen and oxygen atoms in total. The molecule has 2 N–H and O–H groups in total. The quantitative estimate of drug-likeness (QED) is 0.669. The third-order valence-corrected chi connectivity index (χ3v) is 3.90. The highest BCUT2D eigenvalue weighted by Crippen LogP contribution is 2.19. The van der Waals surface area contributed by atoms with Crippen molar-refractivity contribution < 1.29 is 18.0 Å². The Bertz CT molecular complexity index is 973. The molecule has 2 aromatic carbocycles. The first-order chi connectivity index (χ1) is 13.4. The molecule has 28 heavy (non-hydrogen) atoms. The molecule has 0 radical (unpaired) electrons. The molecule has 0 atom stereocenters. The highest BCUT2D eigenvalue weighted by Gasteiger charge is 2.15. The van der Waals surface area contributed by atoms with Gasteiger partial charge in [-0.2, -0.15) is 0 Å². The van der Waals surface area contributed by atoms with Crippen LogP contribution in [0, 0.1) is 24.4 Å². The predicted octanol–water partition coefficient (Wildman–Crippen LogP) is 4.11. The van der Waals surface area contributed by atoms with Crippen molar-refractivity contribution in [2.45, 2.75) is 13.3 Å². The number of aromatic nitrogens is 2. The summed E-state index contributed by atoms with van der Waals surface area (Å²) in [5, 5.41) is 5.25. The number of rotatable bonds is 6. The van der Waals surface area contributed by atoms with Crippen molar-refractivity contribution in [3.8, 4) is 0 Å². The first kappa shape index (κ1) is 19.3. The summed E-state index contributed by atoms with van der Waals surface area (Å²) < 4.78 is 40.4. The van der Waals surface area contributed by atoms with E-state index in [4.69, 9.17) is 0 Å². The number of para-hydroxylation sites is 1. The molecule has 0 unspecified atom stereocenters. The fourth-order valence-electron chi connectivity index (χ4n) is 2.56. The van der Waals surface area contributed by atoms with Gasteiger partial charge in [-0.1, -0.05) is 18.2 Å². The zero-order chi connectivity index (χ0) is 20.1. The largest absolute Gasteiger partial charge is 0.370 e. The summed E-state index contributed by atoms with van der Waals surface area (Å²) in [6.45, 7) is 2.09. The van der Waals surface area contributed by atoms with Crippen molar-refractivity contribution in [1.82, 2.24) is 9.97 Å². The molecular weight excluding hydrogens is 369 g/mol. The van der Waals surface area contributed by atoms with E-state index in [9.17, 15) is 18.0 Å². The lowest BCUT2D eigenvalue weighted by molar-refractivity contribution is 0.102. The maximum atomic E-state index is 13.7. The molecule has 8 heteroatoms. The van der Waals surface area contributed by atoms with E-state index in [-0.39, 0.29) is 11.5 Å². The second kappa shape index (κ2) is 8.51. The van der Waals surface area contributed by atoms with E-state index >= 15 is 0 Å². The number of nitrogens with one attached hydrogen (secondary N) is 2. The number of aryl methyl sites for hydroxylation is 1. The van der Waals surface area contributed by atoms with Crippen molar-refractivity contribution in [1.29, 1.82) is 0 Å². The Kier molecular flexibility index (Phi) is 5.88. The maximum absolute atomic E-state index is 13.7. The minimum Gasteiger partial charge on any atom is -0.370 e. The van der Waals surface area contributed by atoms with Crippen molar-refractivity contribution in [2.75, 3.05) is 17.2 Å². The van der Waals surface area contributed by atoms with Crippen LogP contribution in [-0.4, -0.2) is 22.4 Å². The van der Waals surface area contributed by atoms with E-state index < -0.39 is 23.2 Å². The number of halogens is 3. The lowest BCUT2D eigenvalue weighted by Gasteiger charge is -2.10. The van der Waals surface area contributed by atoms with Gasteiger partial charge < -0.3 is 10.6 Å². The number of carbonyl (C=O) groups excluding carboxylic acids is 1. The van der Waals surface area contributed by atoms with Crippen LogP contribution in [-0.2, 0) is 6.42 Å². The zero-order valence-electron chi connectivity index (χ0n) is 15.0. The summed E-state index contributed by atoms with van der Waals surface area (Å²) >= 11 is 0. The summed E-state index contributed by atoms with van der Waals surface area (Å²) in [5.74, 6) is -2.09. The van der Waals surface area contributed by atoms with Gasteiger partial charge >= 0.3 is 0 Å². The summed E-state index contributed by atoms with van der Waals surface area (Å²) in [5.41, 5.74) is 0.377. The Morgan fingerprint density at radius 3 is 2.36 bits per heavy atom. The Morgan fingerprint density at radius 2 is 1.68 bits per heavy atom. The first-order valence-electron chi connectivity index (χ1n) is 8.52. The minimum atomic E-state index is -0.878. The lowest BCUT2D eigenvalue weighted by Crippen LogP contribution is -2.18. The molecule has 0 spiro atoms. The van der Waals surface area contributed by atoms with Crippen LogP contribution >= 0.6 is 0 Å². The van der Waals surface area contributed by atoms with Gasteiger partial charge in [0.2, 0.25) is 0 Å². The molecule has 1 amide bonds. The number of nitrogens with zero attached hydrogens (tertiary/aromatic N) is 2. The molecule has 1 heterocycles. The van der Waals surface area contributed by atoms with Gasteiger partial charge in [0.25, 0.3) is 5.91 Å². The minimum absolute atomic E-state index is 0.0283. The van der Waals surface area contributed by atoms with Gasteiger partial charge in [-0.25, -0.2) is 23.1 Å². The van der Waals surface area contributed by atoms with Gasteiger partial charge in [0.1, 0.15) is 40.5 Å². The molecule has 144 valence electrons. The Balaban J connectivity index is 1.68. The second-order valence-corrected chi connectivity index (χ2v) is 6.04. The lowest BCUT2D eigenvalue weighted by atomic mass is 10.1. The molecule has 1 aromatic heterocycles. The molecule has 0 saturated heterocycles. The molecule has 0 bridgehead atoms. The van der Waals surface area contributed by atoms with Crippen LogP contribution in [0.1, 0.15) is 21.9 Å². The van der Waals surface area contributed by atoms with Crippen LogP contribution in [0.2, 0.25) is 0 Å². The van der Waals surface area contributed by atoms with Crippen molar-refractivity contribution >= 4 is 17.4 Å². The summed E-state index contributed by atoms with van der Waals surface area (Å²) in [6.07, 6.45) is 0.616. The van der Waals surface area contributed by atoms with Crippen LogP contribution in [0.15, 0.2) is 48.5 Å². The smallest absolute Gasteiger partial charge is 0.274 e. The van der Waals surface area contributed by atoms with E-state index in [1.54, 1.807) is 19.1 Å². The van der Waals surface area contributed by atoms with Crippen LogP contribution in [0.5, 0.6) is 0 Å². The predicted molar refractivity (Wildman–Crippen MR) is 99.7 cm³/mol. The standard InChI is InChI=1S/C20H17F3N4O/c1-12-25-17(20(28)27-19-15(22)3-2-4-16(19)23)11-18(26-12)24-10-9-13-5-7-14(21)8-6-13/h2-8,11H,9-10H2,1H3,(H,27,28)(H,24,25,26). The van der Waals surface area contributed by atoms with Gasteiger partial charge in [-0.3, -0.25) is 4.79 Å². The van der Waals surface area contributed by atoms with E-state index in [1.807, 2.05) is 0 Å². The van der Waals surface area contributed by atoms with Gasteiger partial charge in [0.05, 0.1) is 0 Å². The third kappa shape index (κ3) is 4.85. The fraction of sp³-hybridized carbons (Fsp3) is 0.150. The Morgan fingerprint density at radius 1 is 1.00 bits per heavy atom. The Labute approximate surface area is 159 Å². The number of carbonyl (C=O) groups is 1. The van der Waals surface area contributed by atoms with Gasteiger partial charge in [0.15, 0.2) is 0 Å². The summed E-state index contributed by atoms with van der Waals surface area (Å²) in [6, 6.07) is 10.8. The topological polar surface area (TPSA) is 66.9 Å². The first-order valence-corrected chi connectivity index (χ1v) is 8.52. The maximum Gasteiger partial charge on any atom is 0.274 e. The SMILES string of the molecule is Cc1nc(NCCc2ccc(F)cc2)cc(C(=O)Nc2c(F)cccc2F)n1. The number of amides is 1. The number of hydrogen-bond acceptors (Lipinski definition) is 4. The molecule has 0 aliphatic heterocycles. The average Bonchev–Trinajstić information content (AvgIpc) is 2.66. The molecule has 3 aromatic rings. The van der Waals surface area contributed by atoms with Crippen LogP contribution < -0.4 is 10.6 Å². The average molecular weight is 386 g/mol. The second-order valence-electron chi connectivity index (χ2n) is 6.04.